The van der Waals surface area contributed by atoms with Crippen molar-refractivity contribution in [2.24, 2.45) is 0 Å². The highest BCUT2D eigenvalue weighted by molar-refractivity contribution is 5.94. The summed E-state index contributed by atoms with van der Waals surface area (Å²) in [6.45, 7) is 1.32. The lowest BCUT2D eigenvalue weighted by Gasteiger charge is -2.09. The molecule has 2 aromatic carbocycles. The van der Waals surface area contributed by atoms with Crippen LogP contribution in [-0.2, 0) is 4.79 Å². The third kappa shape index (κ3) is 4.25. The third-order valence-electron chi connectivity index (χ3n) is 3.38. The summed E-state index contributed by atoms with van der Waals surface area (Å²) < 4.78 is 6.93. The Morgan fingerprint density at radius 3 is 2.64 bits per heavy atom. The number of carbonyl (C=O) groups is 2. The largest absolute Gasteiger partial charge is 0.484 e. The fraction of sp³-hybridized carbons (Fsp3) is 0.118. The number of ether oxygens (including phenoxy) is 1. The molecule has 0 atom stereocenters. The van der Waals surface area contributed by atoms with E-state index in [-0.39, 0.29) is 18.3 Å². The molecule has 0 radical (unpaired) electrons. The van der Waals surface area contributed by atoms with Gasteiger partial charge in [0.25, 0.3) is 5.91 Å². The summed E-state index contributed by atoms with van der Waals surface area (Å²) in [6.07, 6.45) is 1.48. The molecule has 0 aliphatic rings. The Hall–Kier alpha value is -3.55. The van der Waals surface area contributed by atoms with Crippen LogP contribution in [0.25, 0.3) is 5.69 Å². The molecule has 126 valence electrons. The van der Waals surface area contributed by atoms with Gasteiger partial charge in [0, 0.05) is 11.3 Å². The lowest BCUT2D eigenvalue weighted by Crippen LogP contribution is -2.20. The Balaban J connectivity index is 1.56. The van der Waals surface area contributed by atoms with Crippen molar-refractivity contribution in [3.63, 3.8) is 0 Å². The van der Waals surface area contributed by atoms with Gasteiger partial charge >= 0.3 is 0 Å². The van der Waals surface area contributed by atoms with Gasteiger partial charge in [-0.3, -0.25) is 9.59 Å². The minimum atomic E-state index is -0.302. The lowest BCUT2D eigenvalue weighted by atomic mass is 10.1. The number of amides is 1. The Morgan fingerprint density at radius 2 is 1.96 bits per heavy atom. The number of hydrogen-bond donors (Lipinski definition) is 1. The van der Waals surface area contributed by atoms with Gasteiger partial charge in [-0.15, -0.1) is 5.10 Å². The van der Waals surface area contributed by atoms with Crippen molar-refractivity contribution in [3.8, 4) is 11.4 Å². The van der Waals surface area contributed by atoms with Crippen LogP contribution in [0.15, 0.2) is 54.9 Å². The van der Waals surface area contributed by atoms with Gasteiger partial charge in [0.05, 0.1) is 5.69 Å². The molecule has 1 amide bonds. The van der Waals surface area contributed by atoms with E-state index in [4.69, 9.17) is 4.74 Å². The van der Waals surface area contributed by atoms with Crippen LogP contribution in [0, 0.1) is 0 Å². The highest BCUT2D eigenvalue weighted by Gasteiger charge is 2.06. The maximum atomic E-state index is 12.0. The number of hydrogen-bond acceptors (Lipinski definition) is 6. The van der Waals surface area contributed by atoms with E-state index in [2.05, 4.69) is 20.8 Å². The Bertz CT molecular complexity index is 876. The zero-order chi connectivity index (χ0) is 17.6. The molecule has 0 saturated heterocycles. The third-order valence-corrected chi connectivity index (χ3v) is 3.38. The smallest absolute Gasteiger partial charge is 0.262 e. The molecule has 0 bridgehead atoms. The van der Waals surface area contributed by atoms with Crippen molar-refractivity contribution >= 4 is 17.4 Å². The predicted molar refractivity (Wildman–Crippen MR) is 89.7 cm³/mol. The quantitative estimate of drug-likeness (QED) is 0.690. The van der Waals surface area contributed by atoms with E-state index in [0.717, 1.165) is 5.69 Å². The summed E-state index contributed by atoms with van der Waals surface area (Å²) in [4.78, 5) is 23.3. The molecule has 0 spiro atoms. The fourth-order valence-corrected chi connectivity index (χ4v) is 2.13. The van der Waals surface area contributed by atoms with Gasteiger partial charge in [0.15, 0.2) is 12.4 Å². The summed E-state index contributed by atoms with van der Waals surface area (Å²) in [5, 5.41) is 13.6. The van der Waals surface area contributed by atoms with Crippen molar-refractivity contribution < 1.29 is 14.3 Å². The van der Waals surface area contributed by atoms with E-state index in [1.54, 1.807) is 48.5 Å². The second-order valence-corrected chi connectivity index (χ2v) is 5.22. The van der Waals surface area contributed by atoms with E-state index < -0.39 is 0 Å². The maximum Gasteiger partial charge on any atom is 0.262 e. The topological polar surface area (TPSA) is 99.0 Å². The average molecular weight is 337 g/mol. The van der Waals surface area contributed by atoms with E-state index in [1.165, 1.54) is 17.9 Å². The number of ketones is 1. The first-order valence-electron chi connectivity index (χ1n) is 7.49. The first-order chi connectivity index (χ1) is 12.1. The molecule has 8 nitrogen and oxygen atoms in total. The second kappa shape index (κ2) is 7.35. The van der Waals surface area contributed by atoms with Crippen LogP contribution in [0.1, 0.15) is 17.3 Å². The van der Waals surface area contributed by atoms with E-state index in [1.807, 2.05) is 0 Å². The molecule has 25 heavy (non-hydrogen) atoms. The van der Waals surface area contributed by atoms with Gasteiger partial charge in [0.1, 0.15) is 12.1 Å². The van der Waals surface area contributed by atoms with Gasteiger partial charge in [0.2, 0.25) is 0 Å². The summed E-state index contributed by atoms with van der Waals surface area (Å²) in [5.41, 5.74) is 1.94. The maximum absolute atomic E-state index is 12.0. The molecule has 0 unspecified atom stereocenters. The zero-order valence-corrected chi connectivity index (χ0v) is 13.4. The molecule has 0 aliphatic carbocycles. The van der Waals surface area contributed by atoms with Gasteiger partial charge in [-0.1, -0.05) is 12.1 Å². The number of tetrazole rings is 1. The van der Waals surface area contributed by atoms with E-state index >= 15 is 0 Å². The molecule has 1 heterocycles. The van der Waals surface area contributed by atoms with Crippen molar-refractivity contribution in [2.75, 3.05) is 11.9 Å². The van der Waals surface area contributed by atoms with Crippen LogP contribution in [0.5, 0.6) is 5.75 Å². The molecule has 1 N–H and O–H groups in total. The number of nitrogens with zero attached hydrogens (tertiary/aromatic N) is 4. The van der Waals surface area contributed by atoms with Crippen LogP contribution >= 0.6 is 0 Å². The molecular formula is C17H15N5O3. The van der Waals surface area contributed by atoms with Gasteiger partial charge in [-0.05, 0) is 53.7 Å². The molecule has 3 aromatic rings. The molecule has 8 heteroatoms. The highest BCUT2D eigenvalue weighted by atomic mass is 16.5. The monoisotopic (exact) mass is 337 g/mol. The SMILES string of the molecule is CC(=O)c1cccc(OCC(=O)Nc2ccc(-n3cnnn3)cc2)c1. The van der Waals surface area contributed by atoms with Gasteiger partial charge in [-0.2, -0.15) is 0 Å². The van der Waals surface area contributed by atoms with E-state index in [0.29, 0.717) is 17.0 Å². The number of nitrogens with one attached hydrogen (secondary N) is 1. The standard InChI is InChI=1S/C17H15N5O3/c1-12(23)13-3-2-4-16(9-13)25-10-17(24)19-14-5-7-15(8-6-14)22-11-18-20-21-22/h2-9,11H,10H2,1H3,(H,19,24). The van der Waals surface area contributed by atoms with Gasteiger partial charge < -0.3 is 10.1 Å². The molecule has 0 saturated carbocycles. The van der Waals surface area contributed by atoms with Crippen molar-refractivity contribution in [1.29, 1.82) is 0 Å². The zero-order valence-electron chi connectivity index (χ0n) is 13.4. The molecule has 0 aliphatic heterocycles. The van der Waals surface area contributed by atoms with Crippen LogP contribution in [0.2, 0.25) is 0 Å². The van der Waals surface area contributed by atoms with Crippen molar-refractivity contribution in [2.45, 2.75) is 6.92 Å². The number of Topliss-reactive ketones (excluding diaryl/α,β-unsaturated/α-hetero) is 1. The highest BCUT2D eigenvalue weighted by Crippen LogP contribution is 2.15. The van der Waals surface area contributed by atoms with Crippen LogP contribution in [-0.4, -0.2) is 38.5 Å². The average Bonchev–Trinajstić information content (AvgIpc) is 3.15. The van der Waals surface area contributed by atoms with Crippen LogP contribution < -0.4 is 10.1 Å². The number of benzene rings is 2. The normalized spacial score (nSPS) is 10.3. The summed E-state index contributed by atoms with van der Waals surface area (Å²) in [6, 6.07) is 13.8. The lowest BCUT2D eigenvalue weighted by molar-refractivity contribution is -0.118. The second-order valence-electron chi connectivity index (χ2n) is 5.22. The minimum Gasteiger partial charge on any atom is -0.484 e. The Kier molecular flexibility index (Phi) is 4.79. The van der Waals surface area contributed by atoms with Crippen LogP contribution in [0.4, 0.5) is 5.69 Å². The number of aromatic nitrogens is 4. The van der Waals surface area contributed by atoms with E-state index in [9.17, 15) is 9.59 Å². The predicted octanol–water partition coefficient (Wildman–Crippen LogP) is 1.88. The summed E-state index contributed by atoms with van der Waals surface area (Å²) in [7, 11) is 0. The minimum absolute atomic E-state index is 0.0578. The molecule has 3 rings (SSSR count). The molecule has 1 aromatic heterocycles. The summed E-state index contributed by atoms with van der Waals surface area (Å²) in [5.74, 6) is 0.109. The first-order valence-corrected chi connectivity index (χ1v) is 7.49. The van der Waals surface area contributed by atoms with Gasteiger partial charge in [-0.25, -0.2) is 4.68 Å². The number of carbonyl (C=O) groups excluding carboxylic acids is 2. The van der Waals surface area contributed by atoms with Crippen molar-refractivity contribution in [1.82, 2.24) is 20.2 Å². The van der Waals surface area contributed by atoms with Crippen LogP contribution in [0.3, 0.4) is 0 Å². The first kappa shape index (κ1) is 16.3. The fourth-order valence-electron chi connectivity index (χ4n) is 2.13. The summed E-state index contributed by atoms with van der Waals surface area (Å²) >= 11 is 0. The molecular weight excluding hydrogens is 322 g/mol. The Labute approximate surface area is 143 Å². The Morgan fingerprint density at radius 1 is 1.16 bits per heavy atom. The van der Waals surface area contributed by atoms with Crippen molar-refractivity contribution in [3.05, 3.63) is 60.4 Å². The number of anilines is 1. The number of rotatable bonds is 6. The molecule has 0 fully saturated rings.